The molecule has 1 atom stereocenters. The largest absolute Gasteiger partial charge is 0.507 e. The number of fused-ring (bicyclic) bond motifs is 2. The van der Waals surface area contributed by atoms with Crippen molar-refractivity contribution in [2.24, 2.45) is 0 Å². The van der Waals surface area contributed by atoms with Gasteiger partial charge in [0.2, 0.25) is 0 Å². The average Bonchev–Trinajstić information content (AvgIpc) is 2.88. The van der Waals surface area contributed by atoms with Crippen molar-refractivity contribution in [3.8, 4) is 22.8 Å². The van der Waals surface area contributed by atoms with Crippen LogP contribution in [0.2, 0.25) is 0 Å². The highest BCUT2D eigenvalue weighted by atomic mass is 16.5. The highest BCUT2D eigenvalue weighted by Crippen LogP contribution is 2.42. The van der Waals surface area contributed by atoms with Gasteiger partial charge in [0.1, 0.15) is 33.8 Å². The summed E-state index contributed by atoms with van der Waals surface area (Å²) >= 11 is 0. The van der Waals surface area contributed by atoms with E-state index in [2.05, 4.69) is 0 Å². The molecule has 3 aromatic carbocycles. The Morgan fingerprint density at radius 3 is 2.44 bits per heavy atom. The number of methoxy groups -OCH3 is 1. The topological polar surface area (TPSA) is 127 Å². The maximum absolute atomic E-state index is 13.4. The van der Waals surface area contributed by atoms with Crippen molar-refractivity contribution in [2.45, 2.75) is 12.3 Å². The number of phenols is 2. The number of hydrogen-bond acceptors (Lipinski definition) is 8. The molecular formula is C28H20O8. The van der Waals surface area contributed by atoms with Gasteiger partial charge in [-0.3, -0.25) is 14.4 Å². The van der Waals surface area contributed by atoms with E-state index in [0.717, 1.165) is 6.07 Å². The van der Waals surface area contributed by atoms with Crippen molar-refractivity contribution in [1.29, 1.82) is 0 Å². The lowest BCUT2D eigenvalue weighted by molar-refractivity contribution is -0.140. The summed E-state index contributed by atoms with van der Waals surface area (Å²) in [6.07, 6.45) is 0.849. The molecule has 0 amide bonds. The lowest BCUT2D eigenvalue weighted by atomic mass is 9.86. The van der Waals surface area contributed by atoms with Crippen molar-refractivity contribution >= 4 is 27.9 Å². The van der Waals surface area contributed by atoms with E-state index in [1.165, 1.54) is 19.4 Å². The second kappa shape index (κ2) is 9.07. The van der Waals surface area contributed by atoms with Crippen molar-refractivity contribution in [3.63, 3.8) is 0 Å². The lowest BCUT2D eigenvalue weighted by Gasteiger charge is -2.19. The van der Waals surface area contributed by atoms with Crippen LogP contribution in [0.5, 0.6) is 11.5 Å². The first-order chi connectivity index (χ1) is 17.4. The predicted molar refractivity (Wildman–Crippen MR) is 132 cm³/mol. The van der Waals surface area contributed by atoms with Gasteiger partial charge in [0.15, 0.2) is 10.9 Å². The first-order valence-electron chi connectivity index (χ1n) is 11.0. The molecule has 0 saturated heterocycles. The predicted octanol–water partition coefficient (Wildman–Crippen LogP) is 4.67. The van der Waals surface area contributed by atoms with Crippen LogP contribution in [0.1, 0.15) is 23.5 Å². The summed E-state index contributed by atoms with van der Waals surface area (Å²) in [6.45, 7) is 0. The number of esters is 1. The van der Waals surface area contributed by atoms with Gasteiger partial charge in [0.25, 0.3) is 0 Å². The molecule has 0 bridgehead atoms. The van der Waals surface area contributed by atoms with Gasteiger partial charge in [-0.1, -0.05) is 42.5 Å². The molecule has 8 nitrogen and oxygen atoms in total. The van der Waals surface area contributed by atoms with Gasteiger partial charge in [-0.2, -0.15) is 0 Å². The Labute approximate surface area is 203 Å². The Kier molecular flexibility index (Phi) is 5.77. The van der Waals surface area contributed by atoms with E-state index in [9.17, 15) is 24.6 Å². The van der Waals surface area contributed by atoms with Gasteiger partial charge in [0, 0.05) is 34.7 Å². The van der Waals surface area contributed by atoms with Crippen LogP contribution in [0.25, 0.3) is 33.3 Å². The van der Waals surface area contributed by atoms with Crippen LogP contribution in [-0.4, -0.2) is 23.3 Å². The molecule has 0 aliphatic rings. The van der Waals surface area contributed by atoms with Gasteiger partial charge in [-0.25, -0.2) is 0 Å². The van der Waals surface area contributed by atoms with Crippen LogP contribution in [0.4, 0.5) is 0 Å². The van der Waals surface area contributed by atoms with Gasteiger partial charge in [-0.15, -0.1) is 0 Å². The molecular weight excluding hydrogens is 464 g/mol. The number of carbonyl (C=O) groups is 1. The Morgan fingerprint density at radius 1 is 0.972 bits per heavy atom. The van der Waals surface area contributed by atoms with Crippen molar-refractivity contribution in [2.75, 3.05) is 7.11 Å². The maximum atomic E-state index is 13.4. The lowest BCUT2D eigenvalue weighted by Crippen LogP contribution is -2.19. The number of phenolic OH excluding ortho intramolecular Hbond substituents is 2. The normalized spacial score (nSPS) is 12.0. The van der Waals surface area contributed by atoms with E-state index >= 15 is 0 Å². The van der Waals surface area contributed by atoms with E-state index in [-0.39, 0.29) is 39.7 Å². The first kappa shape index (κ1) is 22.9. The van der Waals surface area contributed by atoms with Crippen LogP contribution in [0.15, 0.2) is 91.4 Å². The van der Waals surface area contributed by atoms with Crippen molar-refractivity contribution in [1.82, 2.24) is 0 Å². The zero-order chi connectivity index (χ0) is 25.4. The minimum Gasteiger partial charge on any atom is -0.507 e. The Hall–Kier alpha value is -4.85. The quantitative estimate of drug-likeness (QED) is 0.345. The summed E-state index contributed by atoms with van der Waals surface area (Å²) in [5.74, 6) is -2.57. The third-order valence-corrected chi connectivity index (χ3v) is 6.09. The molecule has 180 valence electrons. The van der Waals surface area contributed by atoms with Gasteiger partial charge in [-0.05, 0) is 12.1 Å². The summed E-state index contributed by atoms with van der Waals surface area (Å²) in [4.78, 5) is 38.9. The summed E-state index contributed by atoms with van der Waals surface area (Å²) in [5, 5.41) is 21.5. The van der Waals surface area contributed by atoms with Crippen molar-refractivity contribution in [3.05, 3.63) is 105 Å². The third kappa shape index (κ3) is 3.88. The standard InChI is InChI=1S/C28H20O8/c1-34-24(32)11-17(18-14-35-22-10-6-5-9-16(22)27(18)33)25-19(29)12-20(30)26-21(31)13-23(36-28(25)26)15-7-3-2-4-8-15/h2-10,12-14,17,29-30H,11H2,1H3/t17-/m0/s1. The Morgan fingerprint density at radius 2 is 1.69 bits per heavy atom. The molecule has 8 heteroatoms. The summed E-state index contributed by atoms with van der Waals surface area (Å²) in [5.41, 5.74) is -0.176. The smallest absolute Gasteiger partial charge is 0.306 e. The van der Waals surface area contributed by atoms with Gasteiger partial charge in [0.05, 0.1) is 25.2 Å². The molecule has 0 aliphatic heterocycles. The highest BCUT2D eigenvalue weighted by Gasteiger charge is 2.30. The summed E-state index contributed by atoms with van der Waals surface area (Å²) in [6, 6.07) is 17.6. The number of ether oxygens (including phenoxy) is 1. The molecule has 36 heavy (non-hydrogen) atoms. The minimum atomic E-state index is -1.12. The van der Waals surface area contributed by atoms with Gasteiger partial charge >= 0.3 is 5.97 Å². The molecule has 2 heterocycles. The molecule has 0 radical (unpaired) electrons. The first-order valence-corrected chi connectivity index (χ1v) is 11.0. The summed E-state index contributed by atoms with van der Waals surface area (Å²) < 4.78 is 16.6. The van der Waals surface area contributed by atoms with E-state index in [4.69, 9.17) is 13.6 Å². The zero-order valence-electron chi connectivity index (χ0n) is 19.1. The van der Waals surface area contributed by atoms with E-state index < -0.39 is 34.2 Å². The minimum absolute atomic E-state index is 0.0225. The molecule has 0 fully saturated rings. The summed E-state index contributed by atoms with van der Waals surface area (Å²) in [7, 11) is 1.20. The monoisotopic (exact) mass is 484 g/mol. The highest BCUT2D eigenvalue weighted by molar-refractivity contribution is 5.91. The Balaban J connectivity index is 1.85. The van der Waals surface area contributed by atoms with Crippen LogP contribution >= 0.6 is 0 Å². The second-order valence-corrected chi connectivity index (χ2v) is 8.22. The number of rotatable bonds is 5. The van der Waals surface area contributed by atoms with Crippen LogP contribution in [0.3, 0.4) is 0 Å². The molecule has 0 aliphatic carbocycles. The van der Waals surface area contributed by atoms with Crippen LogP contribution in [0, 0.1) is 0 Å². The molecule has 0 saturated carbocycles. The molecule has 2 N–H and O–H groups in total. The maximum Gasteiger partial charge on any atom is 0.306 e. The van der Waals surface area contributed by atoms with Gasteiger partial charge < -0.3 is 23.8 Å². The fourth-order valence-electron chi connectivity index (χ4n) is 4.35. The number of carbonyl (C=O) groups excluding carboxylic acids is 1. The number of hydrogen-bond donors (Lipinski definition) is 2. The van der Waals surface area contributed by atoms with Crippen LogP contribution in [-0.2, 0) is 9.53 Å². The van der Waals surface area contributed by atoms with E-state index in [0.29, 0.717) is 11.1 Å². The molecule has 0 spiro atoms. The van der Waals surface area contributed by atoms with E-state index in [1.54, 1.807) is 54.6 Å². The number of para-hydroxylation sites is 1. The number of benzene rings is 3. The SMILES string of the molecule is COC(=O)C[C@@H](c1coc2ccccc2c1=O)c1c(O)cc(O)c2c(=O)cc(-c3ccccc3)oc12. The number of aromatic hydroxyl groups is 2. The van der Waals surface area contributed by atoms with E-state index in [1.807, 2.05) is 0 Å². The molecule has 5 aromatic rings. The second-order valence-electron chi connectivity index (χ2n) is 8.22. The fourth-order valence-corrected chi connectivity index (χ4v) is 4.35. The van der Waals surface area contributed by atoms with Crippen LogP contribution < -0.4 is 10.9 Å². The molecule has 5 rings (SSSR count). The fraction of sp³-hybridized carbons (Fsp3) is 0.107. The third-order valence-electron chi connectivity index (χ3n) is 6.09. The van der Waals surface area contributed by atoms with Crippen molar-refractivity contribution < 1.29 is 28.6 Å². The molecule has 2 aromatic heterocycles. The Bertz CT molecular complexity index is 1730. The molecule has 0 unspecified atom stereocenters. The average molecular weight is 484 g/mol. The zero-order valence-corrected chi connectivity index (χ0v) is 19.1.